The number of carbonyl (C=O) groups is 2. The van der Waals surface area contributed by atoms with Gasteiger partial charge in [0.05, 0.1) is 6.20 Å². The number of aryl methyl sites for hydroxylation is 1. The van der Waals surface area contributed by atoms with E-state index in [1.54, 1.807) is 17.9 Å². The number of carbonyl (C=O) groups excluding carboxylic acids is 2. The van der Waals surface area contributed by atoms with E-state index in [0.29, 0.717) is 13.0 Å². The van der Waals surface area contributed by atoms with Crippen LogP contribution >= 0.6 is 0 Å². The number of hydrogen-bond donors (Lipinski definition) is 2. The van der Waals surface area contributed by atoms with Crippen LogP contribution < -0.4 is 10.6 Å². The van der Waals surface area contributed by atoms with Crippen LogP contribution in [0.1, 0.15) is 37.8 Å². The van der Waals surface area contributed by atoms with Crippen LogP contribution in [-0.2, 0) is 16.6 Å². The van der Waals surface area contributed by atoms with Gasteiger partial charge in [-0.25, -0.2) is 0 Å². The van der Waals surface area contributed by atoms with Crippen molar-refractivity contribution in [2.75, 3.05) is 20.1 Å². The summed E-state index contributed by atoms with van der Waals surface area (Å²) >= 11 is 0. The molecular formula is C15H25N5O2. The van der Waals surface area contributed by atoms with Crippen molar-refractivity contribution < 1.29 is 9.59 Å². The molecule has 22 heavy (non-hydrogen) atoms. The summed E-state index contributed by atoms with van der Waals surface area (Å²) in [5.41, 5.74) is 0.856. The molecular weight excluding hydrogens is 282 g/mol. The van der Waals surface area contributed by atoms with Gasteiger partial charge in [-0.05, 0) is 19.9 Å². The quantitative estimate of drug-likeness (QED) is 0.814. The van der Waals surface area contributed by atoms with Crippen LogP contribution in [0.5, 0.6) is 0 Å². The molecule has 1 aliphatic rings. The van der Waals surface area contributed by atoms with Crippen molar-refractivity contribution in [3.8, 4) is 0 Å². The Labute approximate surface area is 131 Å². The number of rotatable bonds is 5. The molecule has 0 aromatic carbocycles. The summed E-state index contributed by atoms with van der Waals surface area (Å²) in [6.45, 7) is 3.14. The molecule has 0 radical (unpaired) electrons. The van der Waals surface area contributed by atoms with Crippen molar-refractivity contribution in [2.45, 2.75) is 38.3 Å². The second-order valence-corrected chi connectivity index (χ2v) is 5.71. The van der Waals surface area contributed by atoms with Gasteiger partial charge in [-0.2, -0.15) is 5.10 Å². The molecule has 122 valence electrons. The fourth-order valence-electron chi connectivity index (χ4n) is 2.83. The van der Waals surface area contributed by atoms with E-state index in [4.69, 9.17) is 0 Å². The molecule has 0 saturated carbocycles. The molecule has 7 heteroatoms. The number of nitrogens with zero attached hydrogens (tertiary/aromatic N) is 3. The third-order valence-corrected chi connectivity index (χ3v) is 4.01. The van der Waals surface area contributed by atoms with Crippen molar-refractivity contribution in [1.29, 1.82) is 0 Å². The Morgan fingerprint density at radius 3 is 2.86 bits per heavy atom. The molecule has 1 aromatic rings. The minimum absolute atomic E-state index is 0.0333. The molecule has 0 bridgehead atoms. The van der Waals surface area contributed by atoms with Crippen LogP contribution in [0.3, 0.4) is 0 Å². The monoisotopic (exact) mass is 307 g/mol. The Hall–Kier alpha value is -1.89. The molecule has 1 fully saturated rings. The van der Waals surface area contributed by atoms with Gasteiger partial charge in [-0.15, -0.1) is 0 Å². The van der Waals surface area contributed by atoms with E-state index in [1.807, 2.05) is 25.1 Å². The number of hydrogen-bond acceptors (Lipinski definition) is 4. The second-order valence-electron chi connectivity index (χ2n) is 5.71. The van der Waals surface area contributed by atoms with Gasteiger partial charge >= 0.3 is 0 Å². The number of aromatic nitrogens is 2. The maximum atomic E-state index is 12.8. The molecule has 1 aliphatic heterocycles. The van der Waals surface area contributed by atoms with Gasteiger partial charge < -0.3 is 15.5 Å². The summed E-state index contributed by atoms with van der Waals surface area (Å²) in [6.07, 6.45) is 5.86. The van der Waals surface area contributed by atoms with E-state index in [9.17, 15) is 9.59 Å². The van der Waals surface area contributed by atoms with Gasteiger partial charge in [-0.3, -0.25) is 14.3 Å². The zero-order valence-corrected chi connectivity index (χ0v) is 13.5. The Morgan fingerprint density at radius 1 is 1.50 bits per heavy atom. The first-order valence-electron chi connectivity index (χ1n) is 7.79. The fourth-order valence-corrected chi connectivity index (χ4v) is 2.83. The molecule has 0 aliphatic carbocycles. The second kappa shape index (κ2) is 7.40. The number of piperidine rings is 1. The number of likely N-dealkylation sites (N-methyl/N-ethyl adjacent to an activating group) is 1. The fraction of sp³-hybridized carbons (Fsp3) is 0.667. The van der Waals surface area contributed by atoms with Gasteiger partial charge in [0, 0.05) is 44.4 Å². The van der Waals surface area contributed by atoms with E-state index in [0.717, 1.165) is 24.9 Å². The lowest BCUT2D eigenvalue weighted by molar-refractivity contribution is -0.135. The highest BCUT2D eigenvalue weighted by atomic mass is 16.2. The first-order chi connectivity index (χ1) is 10.5. The normalized spacial score (nSPS) is 19.8. The molecule has 0 spiro atoms. The summed E-state index contributed by atoms with van der Waals surface area (Å²) in [5, 5.41) is 10.2. The van der Waals surface area contributed by atoms with Crippen LogP contribution in [0.2, 0.25) is 0 Å². The van der Waals surface area contributed by atoms with Crippen LogP contribution in [-0.4, -0.2) is 52.7 Å². The largest absolute Gasteiger partial charge is 0.352 e. The van der Waals surface area contributed by atoms with Gasteiger partial charge in [0.15, 0.2) is 0 Å². The smallest absolute Gasteiger partial charge is 0.244 e. The number of likely N-dealkylation sites (tertiary alicyclic amines) is 1. The van der Waals surface area contributed by atoms with E-state index in [2.05, 4.69) is 15.7 Å². The SMILES string of the molecule is CCC(=O)NC1CCCN(C(=O)C(NC)c2cnn(C)c2)C1. The molecule has 2 rings (SSSR count). The minimum Gasteiger partial charge on any atom is -0.352 e. The molecule has 2 amide bonds. The van der Waals surface area contributed by atoms with Gasteiger partial charge in [-0.1, -0.05) is 6.92 Å². The predicted molar refractivity (Wildman–Crippen MR) is 83.0 cm³/mol. The maximum absolute atomic E-state index is 12.8. The lowest BCUT2D eigenvalue weighted by Crippen LogP contribution is -2.51. The van der Waals surface area contributed by atoms with Crippen molar-refractivity contribution in [1.82, 2.24) is 25.3 Å². The Bertz CT molecular complexity index is 528. The molecule has 1 saturated heterocycles. The predicted octanol–water partition coefficient (Wildman–Crippen LogP) is 0.198. The Balaban J connectivity index is 2.02. The summed E-state index contributed by atoms with van der Waals surface area (Å²) < 4.78 is 1.69. The van der Waals surface area contributed by atoms with Crippen molar-refractivity contribution in [3.63, 3.8) is 0 Å². The van der Waals surface area contributed by atoms with Crippen LogP contribution in [0.15, 0.2) is 12.4 Å². The highest BCUT2D eigenvalue weighted by Crippen LogP contribution is 2.18. The first kappa shape index (κ1) is 16.5. The molecule has 2 heterocycles. The summed E-state index contributed by atoms with van der Waals surface area (Å²) in [6, 6.07) is -0.342. The highest BCUT2D eigenvalue weighted by molar-refractivity contribution is 5.83. The average Bonchev–Trinajstić information content (AvgIpc) is 2.94. The minimum atomic E-state index is -0.394. The average molecular weight is 307 g/mol. The van der Waals surface area contributed by atoms with Crippen LogP contribution in [0.25, 0.3) is 0 Å². The number of amides is 2. The molecule has 7 nitrogen and oxygen atoms in total. The van der Waals surface area contributed by atoms with E-state index in [1.165, 1.54) is 0 Å². The highest BCUT2D eigenvalue weighted by Gasteiger charge is 2.30. The topological polar surface area (TPSA) is 79.3 Å². The van der Waals surface area contributed by atoms with Crippen molar-refractivity contribution in [2.24, 2.45) is 7.05 Å². The van der Waals surface area contributed by atoms with E-state index < -0.39 is 6.04 Å². The van der Waals surface area contributed by atoms with Gasteiger partial charge in [0.2, 0.25) is 11.8 Å². The molecule has 2 unspecified atom stereocenters. The molecule has 2 N–H and O–H groups in total. The number of nitrogens with one attached hydrogen (secondary N) is 2. The standard InChI is InChI=1S/C15H25N5O2/c1-4-13(21)18-12-6-5-7-20(10-12)15(22)14(16-2)11-8-17-19(3)9-11/h8-9,12,14,16H,4-7,10H2,1-3H3,(H,18,21). The maximum Gasteiger partial charge on any atom is 0.244 e. The first-order valence-corrected chi connectivity index (χ1v) is 7.79. The third-order valence-electron chi connectivity index (χ3n) is 4.01. The van der Waals surface area contributed by atoms with Gasteiger partial charge in [0.1, 0.15) is 6.04 Å². The summed E-state index contributed by atoms with van der Waals surface area (Å²) in [4.78, 5) is 26.1. The Morgan fingerprint density at radius 2 is 2.27 bits per heavy atom. The lowest BCUT2D eigenvalue weighted by atomic mass is 10.0. The zero-order chi connectivity index (χ0) is 16.1. The van der Waals surface area contributed by atoms with Crippen LogP contribution in [0.4, 0.5) is 0 Å². The van der Waals surface area contributed by atoms with Crippen LogP contribution in [0, 0.1) is 0 Å². The van der Waals surface area contributed by atoms with Crippen molar-refractivity contribution >= 4 is 11.8 Å². The third kappa shape index (κ3) is 3.85. The molecule has 2 atom stereocenters. The van der Waals surface area contributed by atoms with E-state index in [-0.39, 0.29) is 17.9 Å². The van der Waals surface area contributed by atoms with E-state index >= 15 is 0 Å². The summed E-state index contributed by atoms with van der Waals surface area (Å²) in [7, 11) is 3.60. The van der Waals surface area contributed by atoms with Crippen molar-refractivity contribution in [3.05, 3.63) is 18.0 Å². The Kier molecular flexibility index (Phi) is 5.54. The van der Waals surface area contributed by atoms with Gasteiger partial charge in [0.25, 0.3) is 0 Å². The zero-order valence-electron chi connectivity index (χ0n) is 13.5. The molecule has 1 aromatic heterocycles. The summed E-state index contributed by atoms with van der Waals surface area (Å²) in [5.74, 6) is 0.0719. The lowest BCUT2D eigenvalue weighted by Gasteiger charge is -2.35.